The SMILES string of the molecule is CCc1ccc(NC(=O)CC2C(=O)N(c3ccc(C)cc3)C(=O)N2C2CCCCC2)cc1. The summed E-state index contributed by atoms with van der Waals surface area (Å²) in [7, 11) is 0. The van der Waals surface area contributed by atoms with Crippen LogP contribution >= 0.6 is 0 Å². The van der Waals surface area contributed by atoms with E-state index in [1.807, 2.05) is 43.3 Å². The highest BCUT2D eigenvalue weighted by Gasteiger charge is 2.49. The molecule has 4 rings (SSSR count). The second-order valence-corrected chi connectivity index (χ2v) is 8.81. The zero-order valence-corrected chi connectivity index (χ0v) is 18.8. The van der Waals surface area contributed by atoms with E-state index in [1.54, 1.807) is 17.0 Å². The molecule has 1 atom stereocenters. The summed E-state index contributed by atoms with van der Waals surface area (Å²) >= 11 is 0. The topological polar surface area (TPSA) is 69.7 Å². The van der Waals surface area contributed by atoms with Gasteiger partial charge in [-0.25, -0.2) is 9.69 Å². The third-order valence-electron chi connectivity index (χ3n) is 6.54. The summed E-state index contributed by atoms with van der Waals surface area (Å²) in [5, 5.41) is 2.89. The number of nitrogens with one attached hydrogen (secondary N) is 1. The first kappa shape index (κ1) is 22.1. The fourth-order valence-electron chi connectivity index (χ4n) is 4.71. The molecule has 0 aromatic heterocycles. The van der Waals surface area contributed by atoms with Crippen molar-refractivity contribution < 1.29 is 14.4 Å². The predicted molar refractivity (Wildman–Crippen MR) is 126 cm³/mol. The highest BCUT2D eigenvalue weighted by atomic mass is 16.2. The van der Waals surface area contributed by atoms with Gasteiger partial charge in [-0.2, -0.15) is 0 Å². The molecule has 32 heavy (non-hydrogen) atoms. The van der Waals surface area contributed by atoms with Gasteiger partial charge in [0.05, 0.1) is 12.1 Å². The van der Waals surface area contributed by atoms with Crippen molar-refractivity contribution in [1.29, 1.82) is 0 Å². The standard InChI is InChI=1S/C26H31N3O3/c1-3-19-11-13-20(14-12-19)27-24(30)17-23-25(31)29(22-15-9-18(2)10-16-22)26(32)28(23)21-7-5-4-6-8-21/h9-16,21,23H,3-8,17H2,1-2H3,(H,27,30). The molecule has 168 valence electrons. The lowest BCUT2D eigenvalue weighted by Crippen LogP contribution is -2.45. The second kappa shape index (κ2) is 9.55. The van der Waals surface area contributed by atoms with E-state index >= 15 is 0 Å². The monoisotopic (exact) mass is 433 g/mol. The van der Waals surface area contributed by atoms with Crippen molar-refractivity contribution >= 4 is 29.2 Å². The van der Waals surface area contributed by atoms with Gasteiger partial charge in [0.25, 0.3) is 5.91 Å². The van der Waals surface area contributed by atoms with Gasteiger partial charge in [0.1, 0.15) is 6.04 Å². The minimum atomic E-state index is -0.776. The van der Waals surface area contributed by atoms with Crippen molar-refractivity contribution in [3.63, 3.8) is 0 Å². The molecule has 0 bridgehead atoms. The average molecular weight is 434 g/mol. The highest BCUT2D eigenvalue weighted by molar-refractivity contribution is 6.22. The minimum Gasteiger partial charge on any atom is -0.326 e. The van der Waals surface area contributed by atoms with Crippen LogP contribution < -0.4 is 10.2 Å². The number of anilines is 2. The van der Waals surface area contributed by atoms with Crippen molar-refractivity contribution in [2.24, 2.45) is 0 Å². The number of carbonyl (C=O) groups excluding carboxylic acids is 3. The van der Waals surface area contributed by atoms with Crippen molar-refractivity contribution in [2.75, 3.05) is 10.2 Å². The van der Waals surface area contributed by atoms with E-state index in [-0.39, 0.29) is 30.3 Å². The first-order chi connectivity index (χ1) is 15.5. The van der Waals surface area contributed by atoms with Crippen molar-refractivity contribution in [3.8, 4) is 0 Å². The Morgan fingerprint density at radius 2 is 1.62 bits per heavy atom. The Labute approximate surface area is 189 Å². The Morgan fingerprint density at radius 3 is 2.25 bits per heavy atom. The summed E-state index contributed by atoms with van der Waals surface area (Å²) in [6.07, 6.45) is 5.85. The smallest absolute Gasteiger partial charge is 0.326 e. The third kappa shape index (κ3) is 4.54. The Kier molecular flexibility index (Phi) is 6.58. The molecule has 1 aliphatic heterocycles. The molecule has 4 amide bonds. The van der Waals surface area contributed by atoms with Crippen molar-refractivity contribution in [1.82, 2.24) is 4.90 Å². The van der Waals surface area contributed by atoms with Gasteiger partial charge in [0, 0.05) is 11.7 Å². The van der Waals surface area contributed by atoms with E-state index in [0.29, 0.717) is 11.4 Å². The number of aryl methyl sites for hydroxylation is 2. The van der Waals surface area contributed by atoms with Crippen LogP contribution in [0.1, 0.15) is 56.6 Å². The van der Waals surface area contributed by atoms with E-state index in [0.717, 1.165) is 44.1 Å². The molecule has 2 aromatic carbocycles. The van der Waals surface area contributed by atoms with E-state index in [4.69, 9.17) is 0 Å². The molecule has 1 saturated heterocycles. The molecule has 6 nitrogen and oxygen atoms in total. The van der Waals surface area contributed by atoms with E-state index in [1.165, 1.54) is 10.5 Å². The van der Waals surface area contributed by atoms with E-state index in [9.17, 15) is 14.4 Å². The minimum absolute atomic E-state index is 0.00251. The lowest BCUT2D eigenvalue weighted by molar-refractivity contribution is -0.125. The fraction of sp³-hybridized carbons (Fsp3) is 0.423. The number of rotatable bonds is 6. The molecule has 1 unspecified atom stereocenters. The summed E-state index contributed by atoms with van der Waals surface area (Å²) in [6, 6.07) is 14.0. The van der Waals surface area contributed by atoms with E-state index in [2.05, 4.69) is 12.2 Å². The summed E-state index contributed by atoms with van der Waals surface area (Å²) < 4.78 is 0. The van der Waals surface area contributed by atoms with Gasteiger partial charge in [-0.15, -0.1) is 0 Å². The number of carbonyl (C=O) groups is 3. The van der Waals surface area contributed by atoms with Gasteiger partial charge < -0.3 is 10.2 Å². The summed E-state index contributed by atoms with van der Waals surface area (Å²) in [5.74, 6) is -0.576. The number of benzene rings is 2. The maximum Gasteiger partial charge on any atom is 0.332 e. The van der Waals surface area contributed by atoms with Crippen LogP contribution in [0.15, 0.2) is 48.5 Å². The van der Waals surface area contributed by atoms with Crippen LogP contribution in [0.25, 0.3) is 0 Å². The Morgan fingerprint density at radius 1 is 0.969 bits per heavy atom. The fourth-order valence-corrected chi connectivity index (χ4v) is 4.71. The van der Waals surface area contributed by atoms with Crippen LogP contribution in [-0.4, -0.2) is 34.8 Å². The van der Waals surface area contributed by atoms with Crippen molar-refractivity contribution in [3.05, 3.63) is 59.7 Å². The quantitative estimate of drug-likeness (QED) is 0.648. The molecule has 2 fully saturated rings. The summed E-state index contributed by atoms with van der Waals surface area (Å²) in [5.41, 5.74) is 3.51. The van der Waals surface area contributed by atoms with Crippen LogP contribution in [0.3, 0.4) is 0 Å². The van der Waals surface area contributed by atoms with E-state index < -0.39 is 6.04 Å². The molecule has 1 heterocycles. The largest absolute Gasteiger partial charge is 0.332 e. The van der Waals surface area contributed by atoms with Gasteiger partial charge in [0.15, 0.2) is 0 Å². The van der Waals surface area contributed by atoms with Crippen LogP contribution in [0.5, 0.6) is 0 Å². The molecule has 1 aliphatic carbocycles. The first-order valence-electron chi connectivity index (χ1n) is 11.6. The maximum absolute atomic E-state index is 13.4. The molecule has 2 aromatic rings. The number of amides is 4. The molecule has 2 aliphatic rings. The molecule has 0 spiro atoms. The number of nitrogens with zero attached hydrogens (tertiary/aromatic N) is 2. The highest BCUT2D eigenvalue weighted by Crippen LogP contribution is 2.33. The van der Waals surface area contributed by atoms with Gasteiger partial charge >= 0.3 is 6.03 Å². The Balaban J connectivity index is 1.56. The molecule has 0 radical (unpaired) electrons. The third-order valence-corrected chi connectivity index (χ3v) is 6.54. The molecular weight excluding hydrogens is 402 g/mol. The number of imide groups is 1. The normalized spacial score (nSPS) is 19.5. The number of hydrogen-bond acceptors (Lipinski definition) is 3. The first-order valence-corrected chi connectivity index (χ1v) is 11.6. The van der Waals surface area contributed by atoms with Crippen LogP contribution in [0.4, 0.5) is 16.2 Å². The van der Waals surface area contributed by atoms with Crippen LogP contribution in [-0.2, 0) is 16.0 Å². The van der Waals surface area contributed by atoms with Gasteiger partial charge in [0.2, 0.25) is 5.91 Å². The Hall–Kier alpha value is -3.15. The Bertz CT molecular complexity index is 978. The van der Waals surface area contributed by atoms with Gasteiger partial charge in [-0.1, -0.05) is 56.0 Å². The maximum atomic E-state index is 13.4. The predicted octanol–water partition coefficient (Wildman–Crippen LogP) is 5.06. The molecule has 1 N–H and O–H groups in total. The summed E-state index contributed by atoms with van der Waals surface area (Å²) in [4.78, 5) is 42.6. The molecule has 1 saturated carbocycles. The van der Waals surface area contributed by atoms with Gasteiger partial charge in [-0.05, 0) is 56.0 Å². The van der Waals surface area contributed by atoms with Crippen LogP contribution in [0.2, 0.25) is 0 Å². The van der Waals surface area contributed by atoms with Crippen LogP contribution in [0, 0.1) is 6.92 Å². The average Bonchev–Trinajstić information content (AvgIpc) is 3.04. The summed E-state index contributed by atoms with van der Waals surface area (Å²) in [6.45, 7) is 4.04. The molecular formula is C26H31N3O3. The molecule has 6 heteroatoms. The van der Waals surface area contributed by atoms with Gasteiger partial charge in [-0.3, -0.25) is 9.59 Å². The zero-order valence-electron chi connectivity index (χ0n) is 18.8. The number of hydrogen-bond donors (Lipinski definition) is 1. The second-order valence-electron chi connectivity index (χ2n) is 8.81. The van der Waals surface area contributed by atoms with Crippen molar-refractivity contribution in [2.45, 2.75) is 70.9 Å². The lowest BCUT2D eigenvalue weighted by Gasteiger charge is -2.33. The number of urea groups is 1. The zero-order chi connectivity index (χ0) is 22.7. The lowest BCUT2D eigenvalue weighted by atomic mass is 9.93.